The zero-order chi connectivity index (χ0) is 9.42. The molecule has 0 saturated carbocycles. The molecule has 0 fully saturated rings. The van der Waals surface area contributed by atoms with Crippen LogP contribution in [0.2, 0.25) is 0 Å². The van der Waals surface area contributed by atoms with Crippen molar-refractivity contribution in [2.24, 2.45) is 0 Å². The second-order valence-electron chi connectivity index (χ2n) is 3.52. The minimum atomic E-state index is -0.158. The van der Waals surface area contributed by atoms with Gasteiger partial charge in [0.2, 0.25) is 0 Å². The summed E-state index contributed by atoms with van der Waals surface area (Å²) in [4.78, 5) is 2.20. The Morgan fingerprint density at radius 3 is 2.92 bits per heavy atom. The highest BCUT2D eigenvalue weighted by molar-refractivity contribution is 9.10. The lowest BCUT2D eigenvalue weighted by molar-refractivity contribution is 0.312. The first-order valence-electron chi connectivity index (χ1n) is 4.32. The van der Waals surface area contributed by atoms with Gasteiger partial charge in [0.25, 0.3) is 0 Å². The number of hydrogen-bond donors (Lipinski definition) is 0. The van der Waals surface area contributed by atoms with Crippen molar-refractivity contribution < 1.29 is 4.39 Å². The number of nitrogens with zero attached hydrogens (tertiary/aromatic N) is 1. The van der Waals surface area contributed by atoms with E-state index in [1.54, 1.807) is 6.07 Å². The molecule has 0 bridgehead atoms. The van der Waals surface area contributed by atoms with Gasteiger partial charge in [-0.05, 0) is 52.7 Å². The summed E-state index contributed by atoms with van der Waals surface area (Å²) in [6.07, 6.45) is 1.02. The third-order valence-corrected chi connectivity index (χ3v) is 3.05. The minimum absolute atomic E-state index is 0.158. The van der Waals surface area contributed by atoms with Crippen molar-refractivity contribution >= 4 is 15.9 Å². The standard InChI is InChI=1S/C10H11BrFN/c1-13-3-2-7-4-9(11)10(12)5-8(7)6-13/h4-5H,2-3,6H2,1H3. The molecule has 0 N–H and O–H groups in total. The van der Waals surface area contributed by atoms with E-state index < -0.39 is 0 Å². The summed E-state index contributed by atoms with van der Waals surface area (Å²) < 4.78 is 13.7. The van der Waals surface area contributed by atoms with E-state index in [-0.39, 0.29) is 5.82 Å². The summed E-state index contributed by atoms with van der Waals surface area (Å²) in [7, 11) is 2.06. The van der Waals surface area contributed by atoms with Gasteiger partial charge in [-0.15, -0.1) is 0 Å². The molecule has 1 aromatic carbocycles. The first kappa shape index (κ1) is 9.16. The Bertz CT molecular complexity index is 338. The van der Waals surface area contributed by atoms with Crippen molar-refractivity contribution in [2.45, 2.75) is 13.0 Å². The quantitative estimate of drug-likeness (QED) is 0.678. The minimum Gasteiger partial charge on any atom is -0.302 e. The van der Waals surface area contributed by atoms with Gasteiger partial charge in [-0.3, -0.25) is 0 Å². The Morgan fingerprint density at radius 1 is 1.38 bits per heavy atom. The molecule has 13 heavy (non-hydrogen) atoms. The van der Waals surface area contributed by atoms with E-state index in [1.807, 2.05) is 6.07 Å². The molecule has 0 spiro atoms. The number of benzene rings is 1. The van der Waals surface area contributed by atoms with E-state index in [0.29, 0.717) is 4.47 Å². The first-order chi connectivity index (χ1) is 6.16. The molecule has 1 aliphatic heterocycles. The van der Waals surface area contributed by atoms with Gasteiger partial charge >= 0.3 is 0 Å². The van der Waals surface area contributed by atoms with Crippen LogP contribution in [0.15, 0.2) is 16.6 Å². The van der Waals surface area contributed by atoms with Gasteiger partial charge in [0.1, 0.15) is 5.82 Å². The Labute approximate surface area is 85.7 Å². The van der Waals surface area contributed by atoms with Crippen LogP contribution in [0, 0.1) is 5.82 Å². The normalized spacial score (nSPS) is 17.2. The smallest absolute Gasteiger partial charge is 0.137 e. The van der Waals surface area contributed by atoms with Crippen LogP contribution in [-0.4, -0.2) is 18.5 Å². The van der Waals surface area contributed by atoms with Crippen molar-refractivity contribution in [1.82, 2.24) is 4.90 Å². The third kappa shape index (κ3) is 1.76. The van der Waals surface area contributed by atoms with E-state index in [1.165, 1.54) is 5.56 Å². The zero-order valence-corrected chi connectivity index (χ0v) is 9.07. The molecule has 70 valence electrons. The highest BCUT2D eigenvalue weighted by Gasteiger charge is 2.15. The molecule has 1 aliphatic rings. The summed E-state index contributed by atoms with van der Waals surface area (Å²) in [5, 5.41) is 0. The fourth-order valence-corrected chi connectivity index (χ4v) is 2.08. The summed E-state index contributed by atoms with van der Waals surface area (Å²) in [5.74, 6) is -0.158. The van der Waals surface area contributed by atoms with E-state index >= 15 is 0 Å². The molecule has 0 atom stereocenters. The van der Waals surface area contributed by atoms with Crippen LogP contribution < -0.4 is 0 Å². The van der Waals surface area contributed by atoms with E-state index in [0.717, 1.165) is 25.1 Å². The Balaban J connectivity index is 2.43. The monoisotopic (exact) mass is 243 g/mol. The largest absolute Gasteiger partial charge is 0.302 e. The second-order valence-corrected chi connectivity index (χ2v) is 4.38. The van der Waals surface area contributed by atoms with Crippen LogP contribution in [0.25, 0.3) is 0 Å². The Morgan fingerprint density at radius 2 is 2.15 bits per heavy atom. The lowest BCUT2D eigenvalue weighted by Gasteiger charge is -2.25. The average molecular weight is 244 g/mol. The average Bonchev–Trinajstić information content (AvgIpc) is 2.08. The summed E-state index contributed by atoms with van der Waals surface area (Å²) in [5.41, 5.74) is 2.39. The Kier molecular flexibility index (Phi) is 2.39. The van der Waals surface area contributed by atoms with Crippen LogP contribution >= 0.6 is 15.9 Å². The van der Waals surface area contributed by atoms with E-state index in [4.69, 9.17) is 0 Å². The molecular weight excluding hydrogens is 233 g/mol. The fourth-order valence-electron chi connectivity index (χ4n) is 1.69. The highest BCUT2D eigenvalue weighted by Crippen LogP contribution is 2.24. The maximum atomic E-state index is 13.2. The van der Waals surface area contributed by atoms with Crippen molar-refractivity contribution in [3.05, 3.63) is 33.5 Å². The van der Waals surface area contributed by atoms with Crippen LogP contribution in [-0.2, 0) is 13.0 Å². The van der Waals surface area contributed by atoms with Gasteiger partial charge < -0.3 is 4.90 Å². The van der Waals surface area contributed by atoms with Crippen molar-refractivity contribution in [1.29, 1.82) is 0 Å². The number of halogens is 2. The molecule has 0 amide bonds. The molecule has 0 aromatic heterocycles. The van der Waals surface area contributed by atoms with Crippen LogP contribution in [0.4, 0.5) is 4.39 Å². The summed E-state index contributed by atoms with van der Waals surface area (Å²) in [6, 6.07) is 3.53. The zero-order valence-electron chi connectivity index (χ0n) is 7.48. The predicted molar refractivity (Wildman–Crippen MR) is 54.1 cm³/mol. The first-order valence-corrected chi connectivity index (χ1v) is 5.11. The maximum absolute atomic E-state index is 13.2. The lowest BCUT2D eigenvalue weighted by atomic mass is 10.0. The molecule has 0 unspecified atom stereocenters. The fraction of sp³-hybridized carbons (Fsp3) is 0.400. The number of likely N-dealkylation sites (N-methyl/N-ethyl adjacent to an activating group) is 1. The third-order valence-electron chi connectivity index (χ3n) is 2.45. The van der Waals surface area contributed by atoms with Crippen molar-refractivity contribution in [2.75, 3.05) is 13.6 Å². The van der Waals surface area contributed by atoms with Crippen molar-refractivity contribution in [3.63, 3.8) is 0 Å². The van der Waals surface area contributed by atoms with Crippen LogP contribution in [0.5, 0.6) is 0 Å². The number of hydrogen-bond acceptors (Lipinski definition) is 1. The molecular formula is C10H11BrFN. The SMILES string of the molecule is CN1CCc2cc(Br)c(F)cc2C1. The van der Waals surface area contributed by atoms with Gasteiger partial charge in [-0.25, -0.2) is 4.39 Å². The number of rotatable bonds is 0. The summed E-state index contributed by atoms with van der Waals surface area (Å²) in [6.45, 7) is 1.92. The summed E-state index contributed by atoms with van der Waals surface area (Å²) >= 11 is 3.20. The van der Waals surface area contributed by atoms with Gasteiger partial charge in [0, 0.05) is 13.1 Å². The van der Waals surface area contributed by atoms with Gasteiger partial charge in [-0.1, -0.05) is 0 Å². The highest BCUT2D eigenvalue weighted by atomic mass is 79.9. The molecule has 0 aliphatic carbocycles. The molecule has 1 aromatic rings. The second kappa shape index (κ2) is 3.39. The Hall–Kier alpha value is -0.410. The predicted octanol–water partition coefficient (Wildman–Crippen LogP) is 2.58. The van der Waals surface area contributed by atoms with Gasteiger partial charge in [-0.2, -0.15) is 0 Å². The van der Waals surface area contributed by atoms with E-state index in [2.05, 4.69) is 27.9 Å². The molecule has 0 saturated heterocycles. The molecule has 2 rings (SSSR count). The van der Waals surface area contributed by atoms with Gasteiger partial charge in [0.15, 0.2) is 0 Å². The van der Waals surface area contributed by atoms with Crippen LogP contribution in [0.3, 0.4) is 0 Å². The molecule has 1 nitrogen and oxygen atoms in total. The molecule has 3 heteroatoms. The number of fused-ring (bicyclic) bond motifs is 1. The maximum Gasteiger partial charge on any atom is 0.137 e. The van der Waals surface area contributed by atoms with E-state index in [9.17, 15) is 4.39 Å². The lowest BCUT2D eigenvalue weighted by Crippen LogP contribution is -2.26. The topological polar surface area (TPSA) is 3.24 Å². The van der Waals surface area contributed by atoms with Gasteiger partial charge in [0.05, 0.1) is 4.47 Å². The molecule has 1 heterocycles. The molecule has 0 radical (unpaired) electrons. The van der Waals surface area contributed by atoms with Crippen LogP contribution in [0.1, 0.15) is 11.1 Å². The van der Waals surface area contributed by atoms with Crippen molar-refractivity contribution in [3.8, 4) is 0 Å².